The van der Waals surface area contributed by atoms with E-state index in [0.29, 0.717) is 25.5 Å². The zero-order chi connectivity index (χ0) is 14.7. The zero-order valence-electron chi connectivity index (χ0n) is 11.9. The summed E-state index contributed by atoms with van der Waals surface area (Å²) in [5, 5.41) is 0. The summed E-state index contributed by atoms with van der Waals surface area (Å²) in [6, 6.07) is 0.0584. The van der Waals surface area contributed by atoms with Gasteiger partial charge in [-0.25, -0.2) is 4.98 Å². The lowest BCUT2D eigenvalue weighted by molar-refractivity contribution is -0.100. The van der Waals surface area contributed by atoms with E-state index in [0.717, 1.165) is 12.8 Å². The average molecular weight is 289 g/mol. The van der Waals surface area contributed by atoms with Gasteiger partial charge < -0.3 is 14.4 Å². The van der Waals surface area contributed by atoms with E-state index in [1.54, 1.807) is 12.3 Å². The second-order valence-corrected chi connectivity index (χ2v) is 5.23. The molecule has 2 fully saturated rings. The smallest absolute Gasteiger partial charge is 0.274 e. The molecular formula is C15H19N3O3. The highest BCUT2D eigenvalue weighted by atomic mass is 16.5. The molecule has 0 radical (unpaired) electrons. The number of ether oxygens (including phenoxy) is 2. The Balaban J connectivity index is 1.73. The summed E-state index contributed by atoms with van der Waals surface area (Å²) in [6.45, 7) is 5.29. The number of carbonyl (C=O) groups excluding carboxylic acids is 1. The first-order chi connectivity index (χ1) is 10.3. The van der Waals surface area contributed by atoms with E-state index in [2.05, 4.69) is 16.5 Å². The summed E-state index contributed by atoms with van der Waals surface area (Å²) < 4.78 is 11.6. The highest BCUT2D eigenvalue weighted by molar-refractivity contribution is 5.92. The van der Waals surface area contributed by atoms with Gasteiger partial charge in [-0.15, -0.1) is 6.58 Å². The van der Waals surface area contributed by atoms with Crippen molar-refractivity contribution in [3.8, 4) is 0 Å². The van der Waals surface area contributed by atoms with Gasteiger partial charge in [0.15, 0.2) is 0 Å². The number of rotatable bonds is 4. The second kappa shape index (κ2) is 6.32. The first kappa shape index (κ1) is 14.2. The number of morpholine rings is 1. The highest BCUT2D eigenvalue weighted by Gasteiger charge is 2.45. The molecule has 1 aliphatic heterocycles. The van der Waals surface area contributed by atoms with Crippen molar-refractivity contribution in [2.24, 2.45) is 0 Å². The molecule has 1 amide bonds. The molecule has 3 atom stereocenters. The summed E-state index contributed by atoms with van der Waals surface area (Å²) in [7, 11) is 0. The molecule has 21 heavy (non-hydrogen) atoms. The van der Waals surface area contributed by atoms with Crippen LogP contribution >= 0.6 is 0 Å². The van der Waals surface area contributed by atoms with Crippen LogP contribution in [0.1, 0.15) is 23.3 Å². The largest absolute Gasteiger partial charge is 0.372 e. The molecule has 1 aliphatic carbocycles. The molecule has 2 aliphatic rings. The number of fused-ring (bicyclic) bond motifs is 1. The molecule has 112 valence electrons. The average Bonchev–Trinajstić information content (AvgIpc) is 2.96. The molecule has 0 unspecified atom stereocenters. The predicted molar refractivity (Wildman–Crippen MR) is 75.8 cm³/mol. The van der Waals surface area contributed by atoms with Crippen molar-refractivity contribution in [3.05, 3.63) is 36.9 Å². The molecule has 6 heteroatoms. The minimum absolute atomic E-state index is 0.0328. The maximum Gasteiger partial charge on any atom is 0.274 e. The molecule has 0 spiro atoms. The Morgan fingerprint density at radius 1 is 1.52 bits per heavy atom. The van der Waals surface area contributed by atoms with E-state index in [1.165, 1.54) is 12.4 Å². The number of carbonyl (C=O) groups is 1. The van der Waals surface area contributed by atoms with E-state index in [4.69, 9.17) is 9.47 Å². The normalized spacial score (nSPS) is 28.2. The lowest BCUT2D eigenvalue weighted by Crippen LogP contribution is -2.54. The van der Waals surface area contributed by atoms with E-state index < -0.39 is 0 Å². The number of aromatic nitrogens is 2. The van der Waals surface area contributed by atoms with Crippen molar-refractivity contribution >= 4 is 5.91 Å². The van der Waals surface area contributed by atoms with Gasteiger partial charge in [0.1, 0.15) is 11.8 Å². The van der Waals surface area contributed by atoms with Crippen molar-refractivity contribution in [1.29, 1.82) is 0 Å². The van der Waals surface area contributed by atoms with Crippen LogP contribution in [-0.4, -0.2) is 58.8 Å². The van der Waals surface area contributed by atoms with Crippen molar-refractivity contribution in [2.75, 3.05) is 19.8 Å². The summed E-state index contributed by atoms with van der Waals surface area (Å²) in [5.74, 6) is -0.0780. The number of hydrogen-bond donors (Lipinski definition) is 0. The van der Waals surface area contributed by atoms with Gasteiger partial charge in [-0.1, -0.05) is 6.08 Å². The summed E-state index contributed by atoms with van der Waals surface area (Å²) in [4.78, 5) is 22.5. The lowest BCUT2D eigenvalue weighted by atomic mass is 10.1. The van der Waals surface area contributed by atoms with Crippen LogP contribution in [0.5, 0.6) is 0 Å². The van der Waals surface area contributed by atoms with Gasteiger partial charge in [0.2, 0.25) is 0 Å². The van der Waals surface area contributed by atoms with Crippen LogP contribution in [0.4, 0.5) is 0 Å². The lowest BCUT2D eigenvalue weighted by Gasteiger charge is -2.38. The summed E-state index contributed by atoms with van der Waals surface area (Å²) in [5.41, 5.74) is 0.383. The van der Waals surface area contributed by atoms with Gasteiger partial charge in [0.25, 0.3) is 5.91 Å². The number of amides is 1. The van der Waals surface area contributed by atoms with E-state index in [9.17, 15) is 4.79 Å². The highest BCUT2D eigenvalue weighted by Crippen LogP contribution is 2.32. The van der Waals surface area contributed by atoms with Crippen LogP contribution in [0.3, 0.4) is 0 Å². The number of hydrogen-bond acceptors (Lipinski definition) is 5. The second-order valence-electron chi connectivity index (χ2n) is 5.23. The van der Waals surface area contributed by atoms with Crippen molar-refractivity contribution in [2.45, 2.75) is 31.1 Å². The van der Waals surface area contributed by atoms with E-state index in [1.807, 2.05) is 4.90 Å². The zero-order valence-corrected chi connectivity index (χ0v) is 11.9. The quantitative estimate of drug-likeness (QED) is 0.775. The molecule has 1 aromatic heterocycles. The molecule has 0 N–H and O–H groups in total. The fourth-order valence-corrected chi connectivity index (χ4v) is 3.09. The molecule has 0 aromatic carbocycles. The maximum atomic E-state index is 12.6. The third-order valence-corrected chi connectivity index (χ3v) is 4.01. The molecular weight excluding hydrogens is 270 g/mol. The van der Waals surface area contributed by atoms with Gasteiger partial charge in [0, 0.05) is 18.9 Å². The standard InChI is InChI=1S/C15H19N3O3/c1-2-8-20-13-4-3-12-14(13)21-9-7-18(12)15(19)11-10-16-5-6-17-11/h2,5-6,10,12-14H,1,3-4,7-9H2/t12-,13-,14-/m0/s1. The molecule has 3 rings (SSSR count). The van der Waals surface area contributed by atoms with Crippen LogP contribution in [0.25, 0.3) is 0 Å². The molecule has 2 heterocycles. The van der Waals surface area contributed by atoms with Crippen molar-refractivity contribution in [1.82, 2.24) is 14.9 Å². The number of nitrogens with zero attached hydrogens (tertiary/aromatic N) is 3. The Labute approximate surface area is 123 Å². The first-order valence-corrected chi connectivity index (χ1v) is 7.22. The van der Waals surface area contributed by atoms with Gasteiger partial charge >= 0.3 is 0 Å². The Morgan fingerprint density at radius 3 is 3.19 bits per heavy atom. The maximum absolute atomic E-state index is 12.6. The topological polar surface area (TPSA) is 64.6 Å². The molecule has 6 nitrogen and oxygen atoms in total. The van der Waals surface area contributed by atoms with Crippen molar-refractivity contribution in [3.63, 3.8) is 0 Å². The van der Waals surface area contributed by atoms with Gasteiger partial charge in [-0.05, 0) is 12.8 Å². The minimum atomic E-state index is -0.0780. The van der Waals surface area contributed by atoms with Gasteiger partial charge in [-0.3, -0.25) is 9.78 Å². The fraction of sp³-hybridized carbons (Fsp3) is 0.533. The van der Waals surface area contributed by atoms with Crippen LogP contribution in [0, 0.1) is 0 Å². The monoisotopic (exact) mass is 289 g/mol. The Kier molecular flexibility index (Phi) is 4.26. The van der Waals surface area contributed by atoms with Gasteiger partial charge in [-0.2, -0.15) is 0 Å². The predicted octanol–water partition coefficient (Wildman–Crippen LogP) is 1.05. The molecule has 1 saturated carbocycles. The Hall–Kier alpha value is -1.79. The Bertz CT molecular complexity index is 508. The first-order valence-electron chi connectivity index (χ1n) is 7.22. The molecule has 0 bridgehead atoms. The molecule has 1 saturated heterocycles. The van der Waals surface area contributed by atoms with E-state index in [-0.39, 0.29) is 24.2 Å². The van der Waals surface area contributed by atoms with E-state index >= 15 is 0 Å². The molecule has 1 aromatic rings. The Morgan fingerprint density at radius 2 is 2.43 bits per heavy atom. The van der Waals surface area contributed by atoms with Gasteiger partial charge in [0.05, 0.1) is 31.6 Å². The van der Waals surface area contributed by atoms with Crippen LogP contribution in [0.15, 0.2) is 31.2 Å². The summed E-state index contributed by atoms with van der Waals surface area (Å²) >= 11 is 0. The van der Waals surface area contributed by atoms with Crippen LogP contribution < -0.4 is 0 Å². The SMILES string of the molecule is C=CCO[C@H]1CC[C@H]2[C@@H]1OCCN2C(=O)c1cnccn1. The fourth-order valence-electron chi connectivity index (χ4n) is 3.09. The van der Waals surface area contributed by atoms with Crippen LogP contribution in [0.2, 0.25) is 0 Å². The van der Waals surface area contributed by atoms with Crippen molar-refractivity contribution < 1.29 is 14.3 Å². The third-order valence-electron chi connectivity index (χ3n) is 4.01. The third kappa shape index (κ3) is 2.82. The summed E-state index contributed by atoms with van der Waals surface area (Å²) in [6.07, 6.45) is 8.10. The minimum Gasteiger partial charge on any atom is -0.372 e. The van der Waals surface area contributed by atoms with Crippen LogP contribution in [-0.2, 0) is 9.47 Å².